The maximum absolute atomic E-state index is 10.4. The lowest BCUT2D eigenvalue weighted by atomic mass is 10.2. The monoisotopic (exact) mass is 197 g/mol. The lowest BCUT2D eigenvalue weighted by Crippen LogP contribution is -2.29. The van der Waals surface area contributed by atoms with Crippen molar-refractivity contribution in [1.82, 2.24) is 0 Å². The Balaban J connectivity index is 2.86. The predicted molar refractivity (Wildman–Crippen MR) is 51.9 cm³/mol. The molecule has 0 saturated heterocycles. The molecular formula is C10H10ClO2. The van der Waals surface area contributed by atoms with Crippen LogP contribution in [0.1, 0.15) is 13.8 Å². The van der Waals surface area contributed by atoms with Gasteiger partial charge in [0.2, 0.25) is 6.29 Å². The fraction of sp³-hybridized carbons (Fsp3) is 0.300. The third-order valence-electron chi connectivity index (χ3n) is 1.45. The third kappa shape index (κ3) is 2.74. The van der Waals surface area contributed by atoms with Crippen LogP contribution in [0.4, 0.5) is 0 Å². The number of carbonyl (C=O) groups excluding carboxylic acids is 1. The van der Waals surface area contributed by atoms with Crippen LogP contribution in [0, 0.1) is 0 Å². The molecule has 0 amide bonds. The van der Waals surface area contributed by atoms with Crippen molar-refractivity contribution in [2.24, 2.45) is 0 Å². The minimum Gasteiger partial charge on any atom is -0.478 e. The topological polar surface area (TPSA) is 26.3 Å². The first-order valence-corrected chi connectivity index (χ1v) is 4.26. The van der Waals surface area contributed by atoms with E-state index in [1.54, 1.807) is 44.4 Å². The Morgan fingerprint density at radius 3 is 2.54 bits per heavy atom. The Morgan fingerprint density at radius 2 is 2.00 bits per heavy atom. The quantitative estimate of drug-likeness (QED) is 0.745. The van der Waals surface area contributed by atoms with Crippen LogP contribution in [0.2, 0.25) is 5.02 Å². The van der Waals surface area contributed by atoms with E-state index in [0.717, 1.165) is 0 Å². The average Bonchev–Trinajstić information content (AvgIpc) is 2.09. The van der Waals surface area contributed by atoms with Gasteiger partial charge < -0.3 is 4.74 Å². The van der Waals surface area contributed by atoms with Gasteiger partial charge in [-0.15, -0.1) is 0 Å². The summed E-state index contributed by atoms with van der Waals surface area (Å²) >= 11 is 5.83. The van der Waals surface area contributed by atoms with Crippen LogP contribution >= 0.6 is 11.6 Å². The van der Waals surface area contributed by atoms with Crippen molar-refractivity contribution in [3.05, 3.63) is 29.3 Å². The van der Waals surface area contributed by atoms with E-state index in [9.17, 15) is 4.79 Å². The normalized spacial score (nSPS) is 11.0. The maximum Gasteiger partial charge on any atom is 0.245 e. The summed E-state index contributed by atoms with van der Waals surface area (Å²) in [4.78, 5) is 10.4. The van der Waals surface area contributed by atoms with Crippen LogP contribution < -0.4 is 4.74 Å². The summed E-state index contributed by atoms with van der Waals surface area (Å²) in [5, 5.41) is 0.492. The fourth-order valence-electron chi connectivity index (χ4n) is 0.823. The maximum atomic E-state index is 10.4. The molecule has 0 aliphatic carbocycles. The van der Waals surface area contributed by atoms with Crippen molar-refractivity contribution in [1.29, 1.82) is 0 Å². The number of halogens is 1. The van der Waals surface area contributed by atoms with Crippen LogP contribution in [0.15, 0.2) is 24.3 Å². The molecule has 1 aromatic carbocycles. The summed E-state index contributed by atoms with van der Waals surface area (Å²) < 4.78 is 5.33. The molecule has 0 bridgehead atoms. The van der Waals surface area contributed by atoms with E-state index in [1.807, 2.05) is 0 Å². The molecule has 1 rings (SSSR count). The minimum absolute atomic E-state index is 0.492. The highest BCUT2D eigenvalue weighted by atomic mass is 35.5. The number of ether oxygens (including phenoxy) is 1. The van der Waals surface area contributed by atoms with E-state index in [1.165, 1.54) is 0 Å². The lowest BCUT2D eigenvalue weighted by molar-refractivity contribution is 0.177. The second kappa shape index (κ2) is 3.79. The Labute approximate surface area is 82.5 Å². The van der Waals surface area contributed by atoms with Crippen LogP contribution in [-0.2, 0) is 4.79 Å². The molecule has 0 spiro atoms. The Kier molecular flexibility index (Phi) is 2.94. The number of hydrogen-bond donors (Lipinski definition) is 0. The van der Waals surface area contributed by atoms with Gasteiger partial charge in [-0.3, -0.25) is 4.79 Å². The molecule has 2 nitrogen and oxygen atoms in total. The molecule has 0 aromatic heterocycles. The van der Waals surface area contributed by atoms with Gasteiger partial charge in [-0.1, -0.05) is 23.7 Å². The summed E-state index contributed by atoms with van der Waals surface area (Å²) in [5.74, 6) is 0.498. The highest BCUT2D eigenvalue weighted by Gasteiger charge is 2.20. The van der Waals surface area contributed by atoms with Gasteiger partial charge >= 0.3 is 0 Å². The summed E-state index contributed by atoms with van der Waals surface area (Å²) in [6, 6.07) is 7.01. The third-order valence-corrected chi connectivity index (χ3v) is 1.76. The highest BCUT2D eigenvalue weighted by molar-refractivity contribution is 6.32. The second-order valence-electron chi connectivity index (χ2n) is 3.14. The summed E-state index contributed by atoms with van der Waals surface area (Å²) in [6.45, 7) is 3.26. The van der Waals surface area contributed by atoms with Crippen molar-refractivity contribution in [3.63, 3.8) is 0 Å². The largest absolute Gasteiger partial charge is 0.478 e. The Morgan fingerprint density at radius 1 is 1.38 bits per heavy atom. The molecule has 0 N–H and O–H groups in total. The van der Waals surface area contributed by atoms with Crippen LogP contribution in [-0.4, -0.2) is 11.9 Å². The average molecular weight is 198 g/mol. The standard InChI is InChI=1S/C10H10ClO2/c1-10(2,7-12)13-9-6-4-3-5-8(9)11/h3-6H,1-2H3. The minimum atomic E-state index is -0.953. The van der Waals surface area contributed by atoms with Gasteiger partial charge in [0.05, 0.1) is 5.02 Å². The first-order chi connectivity index (χ1) is 6.05. The van der Waals surface area contributed by atoms with Gasteiger partial charge in [-0.25, -0.2) is 0 Å². The predicted octanol–water partition coefficient (Wildman–Crippen LogP) is 2.61. The lowest BCUT2D eigenvalue weighted by Gasteiger charge is -2.19. The van der Waals surface area contributed by atoms with Crippen LogP contribution in [0.25, 0.3) is 0 Å². The van der Waals surface area contributed by atoms with Gasteiger partial charge in [0, 0.05) is 0 Å². The zero-order valence-corrected chi connectivity index (χ0v) is 8.26. The van der Waals surface area contributed by atoms with E-state index >= 15 is 0 Å². The summed E-state index contributed by atoms with van der Waals surface area (Å²) in [6.07, 6.45) is 1.79. The summed E-state index contributed by atoms with van der Waals surface area (Å²) in [7, 11) is 0. The molecule has 0 atom stereocenters. The van der Waals surface area contributed by atoms with Crippen molar-refractivity contribution >= 4 is 17.9 Å². The molecule has 1 aromatic rings. The number of rotatable bonds is 3. The van der Waals surface area contributed by atoms with Crippen molar-refractivity contribution < 1.29 is 9.53 Å². The molecule has 0 fully saturated rings. The molecular weight excluding hydrogens is 188 g/mol. The molecule has 0 heterocycles. The van der Waals surface area contributed by atoms with Crippen molar-refractivity contribution in [3.8, 4) is 5.75 Å². The number of benzene rings is 1. The van der Waals surface area contributed by atoms with E-state index in [4.69, 9.17) is 16.3 Å². The number of para-hydroxylation sites is 1. The Hall–Kier alpha value is -1.02. The molecule has 69 valence electrons. The molecule has 13 heavy (non-hydrogen) atoms. The first-order valence-electron chi connectivity index (χ1n) is 3.88. The van der Waals surface area contributed by atoms with Gasteiger partial charge in [-0.2, -0.15) is 0 Å². The highest BCUT2D eigenvalue weighted by Crippen LogP contribution is 2.26. The van der Waals surface area contributed by atoms with Gasteiger partial charge in [0.1, 0.15) is 5.75 Å². The van der Waals surface area contributed by atoms with Crippen LogP contribution in [0.3, 0.4) is 0 Å². The number of hydrogen-bond acceptors (Lipinski definition) is 2. The van der Waals surface area contributed by atoms with E-state index in [-0.39, 0.29) is 0 Å². The van der Waals surface area contributed by atoms with E-state index in [2.05, 4.69) is 0 Å². The zero-order valence-electron chi connectivity index (χ0n) is 7.50. The molecule has 0 aliphatic rings. The van der Waals surface area contributed by atoms with Crippen molar-refractivity contribution in [2.45, 2.75) is 19.4 Å². The Bertz CT molecular complexity index is 308. The molecule has 1 radical (unpaired) electrons. The second-order valence-corrected chi connectivity index (χ2v) is 3.55. The zero-order chi connectivity index (χ0) is 9.90. The molecule has 3 heteroatoms. The smallest absolute Gasteiger partial charge is 0.245 e. The van der Waals surface area contributed by atoms with E-state index < -0.39 is 5.60 Å². The van der Waals surface area contributed by atoms with Gasteiger partial charge in [0.15, 0.2) is 5.60 Å². The fourth-order valence-corrected chi connectivity index (χ4v) is 0.998. The molecule has 0 unspecified atom stereocenters. The first kappa shape index (κ1) is 10.1. The van der Waals surface area contributed by atoms with Gasteiger partial charge in [-0.05, 0) is 26.0 Å². The summed E-state index contributed by atoms with van der Waals surface area (Å²) in [5.41, 5.74) is -0.953. The molecule has 0 saturated carbocycles. The van der Waals surface area contributed by atoms with Crippen molar-refractivity contribution in [2.75, 3.05) is 0 Å². The van der Waals surface area contributed by atoms with Gasteiger partial charge in [0.25, 0.3) is 0 Å². The SMILES string of the molecule is CC(C)([C]=O)Oc1ccccc1Cl. The van der Waals surface area contributed by atoms with E-state index in [0.29, 0.717) is 10.8 Å². The molecule has 0 aliphatic heterocycles. The van der Waals surface area contributed by atoms with Crippen LogP contribution in [0.5, 0.6) is 5.75 Å².